The molecule has 0 bridgehead atoms. The number of hydrogen-bond donors (Lipinski definition) is 1. The van der Waals surface area contributed by atoms with Crippen LogP contribution in [0, 0.1) is 18.7 Å². The summed E-state index contributed by atoms with van der Waals surface area (Å²) in [6, 6.07) is 12.8. The highest BCUT2D eigenvalue weighted by molar-refractivity contribution is 6.30. The molecule has 1 aromatic heterocycles. The van der Waals surface area contributed by atoms with Crippen molar-refractivity contribution in [1.29, 1.82) is 0 Å². The van der Waals surface area contributed by atoms with Gasteiger partial charge in [0.15, 0.2) is 0 Å². The molecule has 33 heavy (non-hydrogen) atoms. The number of nitrogens with one attached hydrogen (secondary N) is 1. The van der Waals surface area contributed by atoms with Crippen molar-refractivity contribution < 1.29 is 22.4 Å². The van der Waals surface area contributed by atoms with E-state index in [-0.39, 0.29) is 29.5 Å². The van der Waals surface area contributed by atoms with Gasteiger partial charge >= 0.3 is 6.18 Å². The zero-order valence-electron chi connectivity index (χ0n) is 17.7. The molecule has 4 rings (SSSR count). The van der Waals surface area contributed by atoms with E-state index >= 15 is 0 Å². The Balaban J connectivity index is 1.98. The number of hydrogen-bond acceptors (Lipinski definition) is 2. The maximum atomic E-state index is 14.5. The molecule has 0 aliphatic heterocycles. The lowest BCUT2D eigenvalue weighted by atomic mass is 9.78. The van der Waals surface area contributed by atoms with E-state index in [1.807, 2.05) is 25.1 Å². The van der Waals surface area contributed by atoms with E-state index in [0.29, 0.717) is 23.9 Å². The van der Waals surface area contributed by atoms with Gasteiger partial charge in [0, 0.05) is 18.5 Å². The molecule has 1 atom stereocenters. The number of aryl methyl sites for hydroxylation is 1. The van der Waals surface area contributed by atoms with E-state index in [4.69, 9.17) is 11.6 Å². The number of carbonyl (C=O) groups is 1. The topological polar surface area (TPSA) is 42.0 Å². The maximum Gasteiger partial charge on any atom is 0.416 e. The molecule has 1 saturated carbocycles. The van der Waals surface area contributed by atoms with Crippen LogP contribution in [0.4, 0.5) is 17.6 Å². The summed E-state index contributed by atoms with van der Waals surface area (Å²) in [5, 5.41) is 3.27. The number of aromatic nitrogens is 1. The van der Waals surface area contributed by atoms with Gasteiger partial charge in [-0.2, -0.15) is 13.2 Å². The number of alkyl halides is 3. The van der Waals surface area contributed by atoms with Crippen LogP contribution >= 0.6 is 11.6 Å². The number of carbonyl (C=O) groups excluding carboxylic acids is 1. The first-order valence-corrected chi connectivity index (χ1v) is 10.8. The molecule has 8 heteroatoms. The molecule has 1 aliphatic carbocycles. The second-order valence-electron chi connectivity index (χ2n) is 8.36. The summed E-state index contributed by atoms with van der Waals surface area (Å²) >= 11 is 6.01. The predicted molar refractivity (Wildman–Crippen MR) is 117 cm³/mol. The van der Waals surface area contributed by atoms with Crippen LogP contribution in [0.15, 0.2) is 60.8 Å². The average Bonchev–Trinajstić information content (AvgIpc) is 3.60. The van der Waals surface area contributed by atoms with Gasteiger partial charge < -0.3 is 5.32 Å². The molecule has 1 amide bonds. The van der Waals surface area contributed by atoms with E-state index in [9.17, 15) is 22.4 Å². The molecule has 0 saturated heterocycles. The Labute approximate surface area is 193 Å². The minimum absolute atomic E-state index is 0.0399. The van der Waals surface area contributed by atoms with Gasteiger partial charge in [-0.25, -0.2) is 4.39 Å². The second kappa shape index (κ2) is 8.78. The molecule has 0 radical (unpaired) electrons. The van der Waals surface area contributed by atoms with Gasteiger partial charge in [0.1, 0.15) is 11.4 Å². The number of pyridine rings is 1. The molecule has 3 aromatic rings. The highest BCUT2D eigenvalue weighted by Gasteiger charge is 2.43. The first-order valence-electron chi connectivity index (χ1n) is 10.5. The van der Waals surface area contributed by atoms with E-state index in [2.05, 4.69) is 10.3 Å². The van der Waals surface area contributed by atoms with Crippen molar-refractivity contribution in [3.8, 4) is 0 Å². The third kappa shape index (κ3) is 5.03. The Morgan fingerprint density at radius 2 is 1.79 bits per heavy atom. The summed E-state index contributed by atoms with van der Waals surface area (Å²) < 4.78 is 55.3. The van der Waals surface area contributed by atoms with Crippen LogP contribution in [0.2, 0.25) is 5.02 Å². The quantitative estimate of drug-likeness (QED) is 0.429. The summed E-state index contributed by atoms with van der Waals surface area (Å²) in [4.78, 5) is 17.4. The minimum Gasteiger partial charge on any atom is -0.340 e. The number of rotatable bonds is 6. The molecule has 0 unspecified atom stereocenters. The van der Waals surface area contributed by atoms with Crippen LogP contribution in [0.5, 0.6) is 0 Å². The Morgan fingerprint density at radius 1 is 1.09 bits per heavy atom. The lowest BCUT2D eigenvalue weighted by Gasteiger charge is -2.36. The van der Waals surface area contributed by atoms with Crippen molar-refractivity contribution in [2.45, 2.75) is 37.9 Å². The molecule has 172 valence electrons. The van der Waals surface area contributed by atoms with E-state index in [1.54, 1.807) is 18.2 Å². The standard InChI is InChI=1S/C25H21ClF4N2O/c1-15-4-2-3-5-17(15)13-24(32-23(33)16-6-7-16,22-9-8-20(26)14-31-22)18-10-19(25(28,29)30)12-21(27)11-18/h2-5,8-12,14,16H,6-7,13H2,1H3,(H,32,33)/t24-/m1/s1. The van der Waals surface area contributed by atoms with Crippen molar-refractivity contribution in [2.24, 2.45) is 5.92 Å². The number of benzene rings is 2. The molecular weight excluding hydrogens is 456 g/mol. The van der Waals surface area contributed by atoms with Crippen molar-refractivity contribution >= 4 is 17.5 Å². The van der Waals surface area contributed by atoms with Crippen molar-refractivity contribution in [1.82, 2.24) is 10.3 Å². The summed E-state index contributed by atoms with van der Waals surface area (Å²) in [6.45, 7) is 1.87. The summed E-state index contributed by atoms with van der Waals surface area (Å²) in [7, 11) is 0. The Hall–Kier alpha value is -2.93. The summed E-state index contributed by atoms with van der Waals surface area (Å²) in [6.07, 6.45) is -1.95. The van der Waals surface area contributed by atoms with Gasteiger partial charge in [-0.05, 0) is 66.8 Å². The van der Waals surface area contributed by atoms with Gasteiger partial charge in [0.05, 0.1) is 16.3 Å². The third-order valence-electron chi connectivity index (χ3n) is 5.88. The fourth-order valence-electron chi connectivity index (χ4n) is 3.90. The lowest BCUT2D eigenvalue weighted by molar-refractivity contribution is -0.137. The Kier molecular flexibility index (Phi) is 6.18. The monoisotopic (exact) mass is 476 g/mol. The number of amides is 1. The molecular formula is C25H21ClF4N2O. The number of halogens is 5. The summed E-state index contributed by atoms with van der Waals surface area (Å²) in [5.41, 5.74) is -0.795. The first-order chi connectivity index (χ1) is 15.6. The smallest absolute Gasteiger partial charge is 0.340 e. The highest BCUT2D eigenvalue weighted by atomic mass is 35.5. The molecule has 2 aromatic carbocycles. The average molecular weight is 477 g/mol. The van der Waals surface area contributed by atoms with Crippen LogP contribution in [0.3, 0.4) is 0 Å². The normalized spacial score (nSPS) is 15.7. The van der Waals surface area contributed by atoms with Gasteiger partial charge in [-0.3, -0.25) is 9.78 Å². The number of nitrogens with zero attached hydrogens (tertiary/aromatic N) is 1. The van der Waals surface area contributed by atoms with Crippen LogP contribution < -0.4 is 5.32 Å². The Bertz CT molecular complexity index is 1180. The van der Waals surface area contributed by atoms with Gasteiger partial charge in [-0.15, -0.1) is 0 Å². The molecule has 3 nitrogen and oxygen atoms in total. The van der Waals surface area contributed by atoms with E-state index in [1.165, 1.54) is 6.20 Å². The van der Waals surface area contributed by atoms with Crippen molar-refractivity contribution in [2.75, 3.05) is 0 Å². The molecule has 1 heterocycles. The van der Waals surface area contributed by atoms with Gasteiger partial charge in [0.2, 0.25) is 5.91 Å². The van der Waals surface area contributed by atoms with Gasteiger partial charge in [0.25, 0.3) is 0 Å². The molecule has 1 fully saturated rings. The Morgan fingerprint density at radius 3 is 2.39 bits per heavy atom. The molecule has 1 N–H and O–H groups in total. The van der Waals surface area contributed by atoms with Crippen molar-refractivity contribution in [3.05, 3.63) is 99.6 Å². The SMILES string of the molecule is Cc1ccccc1C[C@@](NC(=O)C1CC1)(c1cc(F)cc(C(F)(F)F)c1)c1ccc(Cl)cn1. The maximum absolute atomic E-state index is 14.5. The second-order valence-corrected chi connectivity index (χ2v) is 8.80. The zero-order chi connectivity index (χ0) is 23.8. The molecule has 1 aliphatic rings. The lowest BCUT2D eigenvalue weighted by Crippen LogP contribution is -2.50. The molecule has 0 spiro atoms. The third-order valence-corrected chi connectivity index (χ3v) is 6.11. The largest absolute Gasteiger partial charge is 0.416 e. The van der Waals surface area contributed by atoms with Crippen LogP contribution in [-0.4, -0.2) is 10.9 Å². The highest BCUT2D eigenvalue weighted by Crippen LogP contribution is 2.39. The fourth-order valence-corrected chi connectivity index (χ4v) is 4.01. The van der Waals surface area contributed by atoms with E-state index < -0.39 is 23.1 Å². The fraction of sp³-hybridized carbons (Fsp3) is 0.280. The van der Waals surface area contributed by atoms with E-state index in [0.717, 1.165) is 23.3 Å². The van der Waals surface area contributed by atoms with Crippen LogP contribution in [-0.2, 0) is 22.9 Å². The summed E-state index contributed by atoms with van der Waals surface area (Å²) in [5.74, 6) is -1.59. The van der Waals surface area contributed by atoms with Crippen LogP contribution in [0.25, 0.3) is 0 Å². The van der Waals surface area contributed by atoms with Crippen molar-refractivity contribution in [3.63, 3.8) is 0 Å². The van der Waals surface area contributed by atoms with Gasteiger partial charge in [-0.1, -0.05) is 35.9 Å². The minimum atomic E-state index is -4.76. The van der Waals surface area contributed by atoms with Crippen LogP contribution in [0.1, 0.15) is 40.8 Å². The first kappa shape index (κ1) is 23.2. The predicted octanol–water partition coefficient (Wildman–Crippen LogP) is 6.21. The zero-order valence-corrected chi connectivity index (χ0v) is 18.5.